The summed E-state index contributed by atoms with van der Waals surface area (Å²) in [5.41, 5.74) is 1.48. The van der Waals surface area contributed by atoms with Crippen LogP contribution in [0.15, 0.2) is 18.2 Å². The van der Waals surface area contributed by atoms with Crippen LogP contribution in [0.5, 0.6) is 11.5 Å². The Morgan fingerprint density at radius 1 is 1.20 bits per heavy atom. The summed E-state index contributed by atoms with van der Waals surface area (Å²) in [6, 6.07) is 5.74. The van der Waals surface area contributed by atoms with Crippen molar-refractivity contribution in [2.24, 2.45) is 5.41 Å². The fourth-order valence-corrected chi connectivity index (χ4v) is 3.93. The number of ether oxygens (including phenoxy) is 2. The summed E-state index contributed by atoms with van der Waals surface area (Å²) in [5.74, 6) is 1.87. The molecular formula is C19H29ClN2O3. The van der Waals surface area contributed by atoms with Crippen molar-refractivity contribution < 1.29 is 14.3 Å². The molecule has 2 aliphatic heterocycles. The summed E-state index contributed by atoms with van der Waals surface area (Å²) in [7, 11) is 3.31. The minimum absolute atomic E-state index is 0. The number of amides is 1. The van der Waals surface area contributed by atoms with E-state index in [1.165, 1.54) is 6.42 Å². The Balaban J connectivity index is 0.00000225. The van der Waals surface area contributed by atoms with Gasteiger partial charge in [0, 0.05) is 26.1 Å². The Morgan fingerprint density at radius 3 is 2.56 bits per heavy atom. The van der Waals surface area contributed by atoms with Crippen LogP contribution in [-0.2, 0) is 11.2 Å². The van der Waals surface area contributed by atoms with E-state index in [4.69, 9.17) is 9.47 Å². The van der Waals surface area contributed by atoms with Crippen LogP contribution in [0.1, 0.15) is 31.2 Å². The molecule has 140 valence electrons. The van der Waals surface area contributed by atoms with E-state index in [9.17, 15) is 4.79 Å². The number of nitrogens with zero attached hydrogens (tertiary/aromatic N) is 1. The number of hydrogen-bond acceptors (Lipinski definition) is 4. The molecule has 3 rings (SSSR count). The predicted octanol–water partition coefficient (Wildman–Crippen LogP) is 2.66. The highest BCUT2D eigenvalue weighted by molar-refractivity contribution is 5.85. The first kappa shape index (κ1) is 19.9. The summed E-state index contributed by atoms with van der Waals surface area (Å²) in [6.45, 7) is 4.05. The second kappa shape index (κ2) is 8.77. The summed E-state index contributed by atoms with van der Waals surface area (Å²) < 4.78 is 10.7. The lowest BCUT2D eigenvalue weighted by molar-refractivity contribution is -0.133. The number of rotatable bonds is 5. The van der Waals surface area contributed by atoms with Gasteiger partial charge in [-0.15, -0.1) is 12.4 Å². The number of halogens is 1. The largest absolute Gasteiger partial charge is 0.497 e. The molecule has 25 heavy (non-hydrogen) atoms. The minimum Gasteiger partial charge on any atom is -0.497 e. The van der Waals surface area contributed by atoms with Crippen LogP contribution < -0.4 is 14.8 Å². The van der Waals surface area contributed by atoms with E-state index in [0.29, 0.717) is 18.3 Å². The van der Waals surface area contributed by atoms with Crippen molar-refractivity contribution >= 4 is 18.3 Å². The van der Waals surface area contributed by atoms with Crippen LogP contribution in [0, 0.1) is 5.41 Å². The van der Waals surface area contributed by atoms with Gasteiger partial charge in [-0.3, -0.25) is 4.79 Å². The fraction of sp³-hybridized carbons (Fsp3) is 0.632. The first-order valence-electron chi connectivity index (χ1n) is 8.85. The van der Waals surface area contributed by atoms with E-state index in [0.717, 1.165) is 56.1 Å². The van der Waals surface area contributed by atoms with Gasteiger partial charge in [-0.2, -0.15) is 0 Å². The highest BCUT2D eigenvalue weighted by Crippen LogP contribution is 2.37. The van der Waals surface area contributed by atoms with Crippen molar-refractivity contribution in [1.82, 2.24) is 10.2 Å². The number of methoxy groups -OCH3 is 2. The maximum absolute atomic E-state index is 12.6. The van der Waals surface area contributed by atoms with Gasteiger partial charge in [0.25, 0.3) is 0 Å². The molecule has 0 saturated carbocycles. The van der Waals surface area contributed by atoms with Crippen LogP contribution in [-0.4, -0.2) is 51.2 Å². The Kier molecular flexibility index (Phi) is 6.96. The van der Waals surface area contributed by atoms with Gasteiger partial charge in [0.15, 0.2) is 0 Å². The third-order valence-electron chi connectivity index (χ3n) is 5.60. The molecule has 0 bridgehead atoms. The molecule has 5 nitrogen and oxygen atoms in total. The lowest BCUT2D eigenvalue weighted by atomic mass is 9.78. The van der Waals surface area contributed by atoms with Gasteiger partial charge < -0.3 is 19.7 Å². The molecular weight excluding hydrogens is 340 g/mol. The zero-order chi connectivity index (χ0) is 17.0. The van der Waals surface area contributed by atoms with Crippen molar-refractivity contribution in [1.29, 1.82) is 0 Å². The number of likely N-dealkylation sites (tertiary alicyclic amines) is 1. The summed E-state index contributed by atoms with van der Waals surface area (Å²) in [6.07, 6.45) is 4.73. The number of aryl methyl sites for hydroxylation is 1. The van der Waals surface area contributed by atoms with Gasteiger partial charge >= 0.3 is 0 Å². The van der Waals surface area contributed by atoms with Crippen LogP contribution in [0.3, 0.4) is 0 Å². The summed E-state index contributed by atoms with van der Waals surface area (Å²) >= 11 is 0. The van der Waals surface area contributed by atoms with E-state index in [1.807, 2.05) is 23.1 Å². The standard InChI is InChI=1S/C19H28N2O3.ClH/c1-23-16-4-5-17(24-2)15(13-16)3-6-18(22)21-11-8-19(9-12-21)7-10-20-14-19;/h4-5,13,20H,3,6-12,14H2,1-2H3;1H. The van der Waals surface area contributed by atoms with Gasteiger partial charge in [-0.05, 0) is 61.4 Å². The zero-order valence-corrected chi connectivity index (χ0v) is 16.0. The molecule has 1 aromatic carbocycles. The van der Waals surface area contributed by atoms with Crippen molar-refractivity contribution in [3.05, 3.63) is 23.8 Å². The molecule has 2 fully saturated rings. The molecule has 1 amide bonds. The van der Waals surface area contributed by atoms with Gasteiger partial charge in [0.2, 0.25) is 5.91 Å². The molecule has 2 aliphatic rings. The lowest BCUT2D eigenvalue weighted by Crippen LogP contribution is -2.44. The quantitative estimate of drug-likeness (QED) is 0.868. The molecule has 1 spiro atoms. The number of carbonyl (C=O) groups excluding carboxylic acids is 1. The average Bonchev–Trinajstić information content (AvgIpc) is 3.08. The van der Waals surface area contributed by atoms with Crippen molar-refractivity contribution in [3.63, 3.8) is 0 Å². The molecule has 2 saturated heterocycles. The first-order chi connectivity index (χ1) is 11.7. The predicted molar refractivity (Wildman–Crippen MR) is 101 cm³/mol. The lowest BCUT2D eigenvalue weighted by Gasteiger charge is -2.39. The van der Waals surface area contributed by atoms with E-state index in [2.05, 4.69) is 5.32 Å². The third-order valence-corrected chi connectivity index (χ3v) is 5.60. The maximum atomic E-state index is 12.6. The van der Waals surface area contributed by atoms with Gasteiger partial charge in [-0.1, -0.05) is 0 Å². The SMILES string of the molecule is COc1ccc(OC)c(CCC(=O)N2CCC3(CCNC3)CC2)c1.Cl. The van der Waals surface area contributed by atoms with Gasteiger partial charge in [-0.25, -0.2) is 0 Å². The summed E-state index contributed by atoms with van der Waals surface area (Å²) in [5, 5.41) is 3.47. The third kappa shape index (κ3) is 4.59. The van der Waals surface area contributed by atoms with E-state index >= 15 is 0 Å². The van der Waals surface area contributed by atoms with Crippen molar-refractivity contribution in [2.75, 3.05) is 40.4 Å². The smallest absolute Gasteiger partial charge is 0.222 e. The van der Waals surface area contributed by atoms with Crippen LogP contribution in [0.4, 0.5) is 0 Å². The maximum Gasteiger partial charge on any atom is 0.222 e. The molecule has 2 heterocycles. The molecule has 6 heteroatoms. The second-order valence-electron chi connectivity index (χ2n) is 6.99. The number of carbonyl (C=O) groups is 1. The summed E-state index contributed by atoms with van der Waals surface area (Å²) in [4.78, 5) is 14.6. The fourth-order valence-electron chi connectivity index (χ4n) is 3.93. The molecule has 1 N–H and O–H groups in total. The molecule has 0 aliphatic carbocycles. The molecule has 0 aromatic heterocycles. The Bertz CT molecular complexity index is 578. The van der Waals surface area contributed by atoms with E-state index < -0.39 is 0 Å². The zero-order valence-electron chi connectivity index (χ0n) is 15.2. The molecule has 0 atom stereocenters. The number of nitrogens with one attached hydrogen (secondary N) is 1. The normalized spacial score (nSPS) is 18.7. The number of piperidine rings is 1. The van der Waals surface area contributed by atoms with Gasteiger partial charge in [0.05, 0.1) is 14.2 Å². The molecule has 0 unspecified atom stereocenters. The Hall–Kier alpha value is -1.46. The first-order valence-corrected chi connectivity index (χ1v) is 8.85. The van der Waals surface area contributed by atoms with E-state index in [-0.39, 0.29) is 18.3 Å². The average molecular weight is 369 g/mol. The van der Waals surface area contributed by atoms with E-state index in [1.54, 1.807) is 14.2 Å². The van der Waals surface area contributed by atoms with Crippen molar-refractivity contribution in [2.45, 2.75) is 32.1 Å². The Labute approximate surface area is 156 Å². The molecule has 0 radical (unpaired) electrons. The second-order valence-corrected chi connectivity index (χ2v) is 6.99. The topological polar surface area (TPSA) is 50.8 Å². The van der Waals surface area contributed by atoms with Gasteiger partial charge in [0.1, 0.15) is 11.5 Å². The monoisotopic (exact) mass is 368 g/mol. The van der Waals surface area contributed by atoms with Crippen molar-refractivity contribution in [3.8, 4) is 11.5 Å². The highest BCUT2D eigenvalue weighted by atomic mass is 35.5. The highest BCUT2D eigenvalue weighted by Gasteiger charge is 2.37. The van der Waals surface area contributed by atoms with Crippen LogP contribution in [0.2, 0.25) is 0 Å². The number of hydrogen-bond donors (Lipinski definition) is 1. The van der Waals surface area contributed by atoms with Crippen LogP contribution in [0.25, 0.3) is 0 Å². The minimum atomic E-state index is 0. The number of benzene rings is 1. The molecule has 1 aromatic rings. The Morgan fingerprint density at radius 2 is 1.96 bits per heavy atom. The van der Waals surface area contributed by atoms with Crippen LogP contribution >= 0.6 is 12.4 Å².